The van der Waals surface area contributed by atoms with Gasteiger partial charge in [0.05, 0.1) is 27.6 Å². The average Bonchev–Trinajstić information content (AvgIpc) is 3.04. The molecular weight excluding hydrogens is 459 g/mol. The molecule has 9 heteroatoms. The number of hydrogen-bond acceptors (Lipinski definition) is 5. The minimum Gasteiger partial charge on any atom is -0.462 e. The predicted octanol–water partition coefficient (Wildman–Crippen LogP) is 5.85. The Morgan fingerprint density at radius 1 is 1.13 bits per heavy atom. The SMILES string of the molecule is CCOC(=O)c1c(NC(=O)c2ccc(Cl)cc2Cl)sc(C(=O)NC2CCCCC2)c1C. The first-order valence-corrected chi connectivity index (χ1v) is 11.8. The quantitative estimate of drug-likeness (QED) is 0.505. The molecule has 1 aliphatic rings. The van der Waals surface area contributed by atoms with Gasteiger partial charge in [-0.2, -0.15) is 0 Å². The topological polar surface area (TPSA) is 84.5 Å². The molecule has 166 valence electrons. The molecular formula is C22H24Cl2N2O4S. The van der Waals surface area contributed by atoms with E-state index in [-0.39, 0.29) is 39.7 Å². The van der Waals surface area contributed by atoms with Gasteiger partial charge in [0, 0.05) is 11.1 Å². The summed E-state index contributed by atoms with van der Waals surface area (Å²) in [6, 6.07) is 4.64. The number of anilines is 1. The fourth-order valence-electron chi connectivity index (χ4n) is 3.61. The molecule has 2 amide bonds. The van der Waals surface area contributed by atoms with E-state index < -0.39 is 11.9 Å². The number of thiophene rings is 1. The molecule has 0 spiro atoms. The zero-order valence-electron chi connectivity index (χ0n) is 17.3. The van der Waals surface area contributed by atoms with Crippen LogP contribution in [0.3, 0.4) is 0 Å². The third-order valence-corrected chi connectivity index (χ3v) is 6.93. The Labute approximate surface area is 195 Å². The first-order chi connectivity index (χ1) is 14.8. The molecule has 1 heterocycles. The van der Waals surface area contributed by atoms with Crippen molar-refractivity contribution in [1.82, 2.24) is 5.32 Å². The molecule has 0 saturated heterocycles. The zero-order chi connectivity index (χ0) is 22.5. The number of hydrogen-bond donors (Lipinski definition) is 2. The molecule has 1 aromatic heterocycles. The normalized spacial score (nSPS) is 14.2. The van der Waals surface area contributed by atoms with Gasteiger partial charge >= 0.3 is 5.97 Å². The maximum atomic E-state index is 12.9. The van der Waals surface area contributed by atoms with Crippen LogP contribution >= 0.6 is 34.5 Å². The molecule has 2 N–H and O–H groups in total. The van der Waals surface area contributed by atoms with Crippen LogP contribution in [0.4, 0.5) is 5.00 Å². The van der Waals surface area contributed by atoms with Crippen LogP contribution in [0, 0.1) is 6.92 Å². The van der Waals surface area contributed by atoms with E-state index >= 15 is 0 Å². The largest absolute Gasteiger partial charge is 0.462 e. The first kappa shape index (κ1) is 23.6. The Bertz CT molecular complexity index is 1000. The fraction of sp³-hybridized carbons (Fsp3) is 0.409. The second-order valence-electron chi connectivity index (χ2n) is 7.37. The van der Waals surface area contributed by atoms with Crippen molar-refractivity contribution in [3.05, 3.63) is 49.8 Å². The van der Waals surface area contributed by atoms with Crippen molar-refractivity contribution in [2.75, 3.05) is 11.9 Å². The molecule has 0 atom stereocenters. The second-order valence-corrected chi connectivity index (χ2v) is 9.23. The first-order valence-electron chi connectivity index (χ1n) is 10.2. The van der Waals surface area contributed by atoms with E-state index in [1.165, 1.54) is 18.6 Å². The Hall–Kier alpha value is -2.09. The average molecular weight is 483 g/mol. The van der Waals surface area contributed by atoms with Gasteiger partial charge in [-0.15, -0.1) is 11.3 Å². The van der Waals surface area contributed by atoms with Gasteiger partial charge in [-0.1, -0.05) is 42.5 Å². The smallest absolute Gasteiger partial charge is 0.341 e. The second kappa shape index (κ2) is 10.5. The number of rotatable bonds is 6. The van der Waals surface area contributed by atoms with Crippen LogP contribution in [0.1, 0.15) is 75.0 Å². The number of esters is 1. The van der Waals surface area contributed by atoms with Crippen LogP contribution in [0.15, 0.2) is 18.2 Å². The zero-order valence-corrected chi connectivity index (χ0v) is 19.7. The van der Waals surface area contributed by atoms with Crippen LogP contribution < -0.4 is 10.6 Å². The summed E-state index contributed by atoms with van der Waals surface area (Å²) in [6.07, 6.45) is 5.25. The monoisotopic (exact) mass is 482 g/mol. The van der Waals surface area contributed by atoms with Gasteiger partial charge in [0.15, 0.2) is 0 Å². The standard InChI is InChI=1S/C22H24Cl2N2O4S/c1-3-30-22(29)17-12(2)18(20(28)25-14-7-5-4-6-8-14)31-21(17)26-19(27)15-10-9-13(23)11-16(15)24/h9-11,14H,3-8H2,1-2H3,(H,25,28)(H,26,27). The fourth-order valence-corrected chi connectivity index (χ4v) is 5.20. The Balaban J connectivity index is 1.90. The molecule has 3 rings (SSSR count). The minimum absolute atomic E-state index is 0.125. The number of amides is 2. The van der Waals surface area contributed by atoms with E-state index in [4.69, 9.17) is 27.9 Å². The number of halogens is 2. The highest BCUT2D eigenvalue weighted by Crippen LogP contribution is 2.35. The molecule has 0 radical (unpaired) electrons. The maximum Gasteiger partial charge on any atom is 0.341 e. The van der Waals surface area contributed by atoms with Gasteiger partial charge in [0.1, 0.15) is 5.00 Å². The number of carbonyl (C=O) groups is 3. The number of carbonyl (C=O) groups excluding carboxylic acids is 3. The van der Waals surface area contributed by atoms with E-state index in [0.29, 0.717) is 15.5 Å². The summed E-state index contributed by atoms with van der Waals surface area (Å²) in [5.74, 6) is -1.34. The highest BCUT2D eigenvalue weighted by molar-refractivity contribution is 7.18. The van der Waals surface area contributed by atoms with Crippen molar-refractivity contribution in [2.45, 2.75) is 52.0 Å². The van der Waals surface area contributed by atoms with Crippen LogP contribution in [-0.4, -0.2) is 30.4 Å². The van der Waals surface area contributed by atoms with Gasteiger partial charge in [-0.25, -0.2) is 4.79 Å². The summed E-state index contributed by atoms with van der Waals surface area (Å²) < 4.78 is 5.16. The maximum absolute atomic E-state index is 12.9. The van der Waals surface area contributed by atoms with Crippen molar-refractivity contribution in [1.29, 1.82) is 0 Å². The molecule has 0 bridgehead atoms. The molecule has 1 aromatic carbocycles. The summed E-state index contributed by atoms with van der Waals surface area (Å²) in [4.78, 5) is 38.7. The number of nitrogens with one attached hydrogen (secondary N) is 2. The van der Waals surface area contributed by atoms with Crippen molar-refractivity contribution >= 4 is 57.3 Å². The Morgan fingerprint density at radius 3 is 2.48 bits per heavy atom. The predicted molar refractivity (Wildman–Crippen MR) is 124 cm³/mol. The summed E-state index contributed by atoms with van der Waals surface area (Å²) in [6.45, 7) is 3.56. The molecule has 1 saturated carbocycles. The van der Waals surface area contributed by atoms with E-state index in [0.717, 1.165) is 37.0 Å². The molecule has 6 nitrogen and oxygen atoms in total. The molecule has 1 fully saturated rings. The summed E-state index contributed by atoms with van der Waals surface area (Å²) in [7, 11) is 0. The Morgan fingerprint density at radius 2 is 1.84 bits per heavy atom. The molecule has 0 unspecified atom stereocenters. The van der Waals surface area contributed by atoms with Gasteiger partial charge < -0.3 is 15.4 Å². The summed E-state index contributed by atoms with van der Waals surface area (Å²) in [5, 5.41) is 6.62. The van der Waals surface area contributed by atoms with Crippen LogP contribution in [0.25, 0.3) is 0 Å². The molecule has 2 aromatic rings. The van der Waals surface area contributed by atoms with E-state index in [2.05, 4.69) is 10.6 Å². The van der Waals surface area contributed by atoms with Crippen molar-refractivity contribution < 1.29 is 19.1 Å². The molecule has 1 aliphatic carbocycles. The Kier molecular flexibility index (Phi) is 7.97. The highest BCUT2D eigenvalue weighted by Gasteiger charge is 2.28. The minimum atomic E-state index is -0.592. The van der Waals surface area contributed by atoms with Gasteiger partial charge in [-0.3, -0.25) is 9.59 Å². The third kappa shape index (κ3) is 5.59. The van der Waals surface area contributed by atoms with E-state index in [9.17, 15) is 14.4 Å². The van der Waals surface area contributed by atoms with Crippen LogP contribution in [0.2, 0.25) is 10.0 Å². The lowest BCUT2D eigenvalue weighted by Crippen LogP contribution is -2.36. The highest BCUT2D eigenvalue weighted by atomic mass is 35.5. The summed E-state index contributed by atoms with van der Waals surface area (Å²) in [5.41, 5.74) is 0.869. The number of ether oxygens (including phenoxy) is 1. The van der Waals surface area contributed by atoms with Crippen molar-refractivity contribution in [2.24, 2.45) is 0 Å². The van der Waals surface area contributed by atoms with Crippen molar-refractivity contribution in [3.63, 3.8) is 0 Å². The molecule has 0 aliphatic heterocycles. The van der Waals surface area contributed by atoms with Gasteiger partial charge in [0.2, 0.25) is 0 Å². The van der Waals surface area contributed by atoms with Gasteiger partial charge in [-0.05, 0) is 50.5 Å². The lowest BCUT2D eigenvalue weighted by molar-refractivity contribution is 0.0527. The van der Waals surface area contributed by atoms with Crippen molar-refractivity contribution in [3.8, 4) is 0 Å². The van der Waals surface area contributed by atoms with E-state index in [1.54, 1.807) is 19.9 Å². The summed E-state index contributed by atoms with van der Waals surface area (Å²) >= 11 is 13.1. The van der Waals surface area contributed by atoms with E-state index in [1.807, 2.05) is 0 Å². The number of benzene rings is 1. The third-order valence-electron chi connectivity index (χ3n) is 5.18. The lowest BCUT2D eigenvalue weighted by Gasteiger charge is -2.22. The van der Waals surface area contributed by atoms with Gasteiger partial charge in [0.25, 0.3) is 11.8 Å². The lowest BCUT2D eigenvalue weighted by atomic mass is 9.95. The van der Waals surface area contributed by atoms with Crippen LogP contribution in [-0.2, 0) is 4.74 Å². The molecule has 31 heavy (non-hydrogen) atoms. The van der Waals surface area contributed by atoms with Crippen LogP contribution in [0.5, 0.6) is 0 Å².